The number of hydrogen-bond acceptors (Lipinski definition) is 5. The maximum absolute atomic E-state index is 13.1. The molecule has 1 atom stereocenters. The Morgan fingerprint density at radius 3 is 2.63 bits per heavy atom. The first-order valence-electron chi connectivity index (χ1n) is 9.25. The fourth-order valence-corrected chi connectivity index (χ4v) is 3.65. The van der Waals surface area contributed by atoms with E-state index in [0.29, 0.717) is 0 Å². The van der Waals surface area contributed by atoms with Crippen molar-refractivity contribution in [3.63, 3.8) is 0 Å². The third-order valence-corrected chi connectivity index (χ3v) is 5.18. The number of aromatic amines is 1. The predicted octanol–water partition coefficient (Wildman–Crippen LogP) is 2.48. The van der Waals surface area contributed by atoms with Crippen molar-refractivity contribution in [3.05, 3.63) is 54.2 Å². The van der Waals surface area contributed by atoms with Gasteiger partial charge in [0.05, 0.1) is 11.5 Å². The van der Waals surface area contributed by atoms with E-state index in [1.807, 2.05) is 24.4 Å². The van der Waals surface area contributed by atoms with E-state index in [0.717, 1.165) is 61.6 Å². The van der Waals surface area contributed by atoms with Crippen molar-refractivity contribution in [1.82, 2.24) is 19.9 Å². The third-order valence-electron chi connectivity index (χ3n) is 5.18. The summed E-state index contributed by atoms with van der Waals surface area (Å²) in [4.78, 5) is 16.6. The summed E-state index contributed by atoms with van der Waals surface area (Å²) in [6.07, 6.45) is 4.40. The van der Waals surface area contributed by atoms with Crippen molar-refractivity contribution in [3.8, 4) is 0 Å². The second kappa shape index (κ2) is 8.02. The van der Waals surface area contributed by atoms with Crippen molar-refractivity contribution in [2.75, 3.05) is 44.7 Å². The molecule has 7 heteroatoms. The van der Waals surface area contributed by atoms with E-state index in [-0.39, 0.29) is 11.9 Å². The van der Waals surface area contributed by atoms with Crippen LogP contribution in [-0.4, -0.2) is 65.8 Å². The highest BCUT2D eigenvalue weighted by molar-refractivity contribution is 5.87. The van der Waals surface area contributed by atoms with E-state index in [1.165, 1.54) is 12.1 Å². The third kappa shape index (κ3) is 4.09. The van der Waals surface area contributed by atoms with Crippen molar-refractivity contribution in [2.24, 2.45) is 0 Å². The molecule has 2 aromatic heterocycles. The molecule has 1 saturated heterocycles. The van der Waals surface area contributed by atoms with Gasteiger partial charge in [0.15, 0.2) is 0 Å². The lowest BCUT2D eigenvalue weighted by Gasteiger charge is -2.37. The van der Waals surface area contributed by atoms with Crippen molar-refractivity contribution >= 4 is 16.9 Å². The van der Waals surface area contributed by atoms with E-state index < -0.39 is 0 Å². The van der Waals surface area contributed by atoms with Crippen molar-refractivity contribution in [1.29, 1.82) is 0 Å². The van der Waals surface area contributed by atoms with Gasteiger partial charge in [-0.05, 0) is 30.2 Å². The van der Waals surface area contributed by atoms with Gasteiger partial charge < -0.3 is 14.6 Å². The number of anilines is 1. The highest BCUT2D eigenvalue weighted by Crippen LogP contribution is 2.23. The fraction of sp³-hybridized carbons (Fsp3) is 0.400. The topological polar surface area (TPSA) is 57.3 Å². The van der Waals surface area contributed by atoms with Crippen LogP contribution in [0, 0.1) is 5.82 Å². The standard InChI is InChI=1S/C20H24FN5O/c1-27-17(12-15-2-4-16(21)5-3-15)13-25-8-10-26(11-9-25)20-18-6-7-22-19(18)23-14-24-20/h2-7,14,17H,8-13H2,1H3,(H,22,23,24). The number of nitrogens with zero attached hydrogens (tertiary/aromatic N) is 4. The summed E-state index contributed by atoms with van der Waals surface area (Å²) in [5.74, 6) is 0.792. The average Bonchev–Trinajstić information content (AvgIpc) is 3.18. The number of nitrogens with one attached hydrogen (secondary N) is 1. The first-order valence-corrected chi connectivity index (χ1v) is 9.25. The summed E-state index contributed by atoms with van der Waals surface area (Å²) in [6.45, 7) is 4.62. The van der Waals surface area contributed by atoms with Gasteiger partial charge in [0.25, 0.3) is 0 Å². The molecule has 1 aliphatic rings. The fourth-order valence-electron chi connectivity index (χ4n) is 3.65. The molecule has 6 nitrogen and oxygen atoms in total. The summed E-state index contributed by atoms with van der Waals surface area (Å²) in [5, 5.41) is 1.07. The zero-order valence-electron chi connectivity index (χ0n) is 15.4. The lowest BCUT2D eigenvalue weighted by Crippen LogP contribution is -2.49. The van der Waals surface area contributed by atoms with E-state index in [4.69, 9.17) is 4.74 Å². The zero-order valence-corrected chi connectivity index (χ0v) is 15.4. The predicted molar refractivity (Wildman–Crippen MR) is 103 cm³/mol. The van der Waals surface area contributed by atoms with Crippen LogP contribution in [0.4, 0.5) is 10.2 Å². The minimum atomic E-state index is -0.204. The Bertz CT molecular complexity index is 873. The lowest BCUT2D eigenvalue weighted by molar-refractivity contribution is 0.0623. The maximum Gasteiger partial charge on any atom is 0.142 e. The summed E-state index contributed by atoms with van der Waals surface area (Å²) >= 11 is 0. The molecule has 1 fully saturated rings. The van der Waals surface area contributed by atoms with E-state index in [2.05, 4.69) is 24.8 Å². The van der Waals surface area contributed by atoms with Crippen LogP contribution in [-0.2, 0) is 11.2 Å². The van der Waals surface area contributed by atoms with Gasteiger partial charge in [0, 0.05) is 46.0 Å². The Labute approximate surface area is 158 Å². The lowest BCUT2D eigenvalue weighted by atomic mass is 10.1. The first kappa shape index (κ1) is 17.9. The molecule has 0 bridgehead atoms. The average molecular weight is 369 g/mol. The van der Waals surface area contributed by atoms with Crippen LogP contribution in [0.25, 0.3) is 11.0 Å². The van der Waals surface area contributed by atoms with Gasteiger partial charge in [-0.3, -0.25) is 4.90 Å². The number of piperazine rings is 1. The van der Waals surface area contributed by atoms with E-state index in [1.54, 1.807) is 13.4 Å². The highest BCUT2D eigenvalue weighted by Gasteiger charge is 2.22. The number of rotatable bonds is 6. The van der Waals surface area contributed by atoms with Gasteiger partial charge in [-0.25, -0.2) is 14.4 Å². The molecule has 142 valence electrons. The molecule has 1 aliphatic heterocycles. The van der Waals surface area contributed by atoms with E-state index in [9.17, 15) is 4.39 Å². The summed E-state index contributed by atoms with van der Waals surface area (Å²) in [5.41, 5.74) is 1.97. The Balaban J connectivity index is 1.34. The summed E-state index contributed by atoms with van der Waals surface area (Å²) < 4.78 is 18.7. The van der Waals surface area contributed by atoms with Crippen LogP contribution >= 0.6 is 0 Å². The van der Waals surface area contributed by atoms with Gasteiger partial charge in [-0.15, -0.1) is 0 Å². The Hall–Kier alpha value is -2.51. The molecule has 3 heterocycles. The minimum Gasteiger partial charge on any atom is -0.380 e. The number of methoxy groups -OCH3 is 1. The molecule has 0 saturated carbocycles. The maximum atomic E-state index is 13.1. The summed E-state index contributed by atoms with van der Waals surface area (Å²) in [6, 6.07) is 8.70. The number of fused-ring (bicyclic) bond motifs is 1. The number of halogens is 1. The van der Waals surface area contributed by atoms with Gasteiger partial charge >= 0.3 is 0 Å². The smallest absolute Gasteiger partial charge is 0.142 e. The molecule has 0 amide bonds. The SMILES string of the molecule is COC(Cc1ccc(F)cc1)CN1CCN(c2ncnc3[nH]ccc23)CC1. The van der Waals surface area contributed by atoms with Crippen LogP contribution in [0.5, 0.6) is 0 Å². The molecule has 1 aromatic carbocycles. The second-order valence-electron chi connectivity index (χ2n) is 6.91. The van der Waals surface area contributed by atoms with Crippen LogP contribution in [0.1, 0.15) is 5.56 Å². The number of ether oxygens (including phenoxy) is 1. The van der Waals surface area contributed by atoms with E-state index >= 15 is 0 Å². The largest absolute Gasteiger partial charge is 0.380 e. The number of hydrogen-bond donors (Lipinski definition) is 1. The molecule has 4 rings (SSSR count). The summed E-state index contributed by atoms with van der Waals surface area (Å²) in [7, 11) is 1.74. The highest BCUT2D eigenvalue weighted by atomic mass is 19.1. The van der Waals surface area contributed by atoms with Gasteiger partial charge in [0.2, 0.25) is 0 Å². The molecule has 3 aromatic rings. The molecule has 1 unspecified atom stereocenters. The Morgan fingerprint density at radius 1 is 1.11 bits per heavy atom. The Kier molecular flexibility index (Phi) is 5.31. The monoisotopic (exact) mass is 369 g/mol. The Morgan fingerprint density at radius 2 is 1.89 bits per heavy atom. The van der Waals surface area contributed by atoms with Crippen LogP contribution in [0.15, 0.2) is 42.9 Å². The van der Waals surface area contributed by atoms with Gasteiger partial charge in [-0.1, -0.05) is 12.1 Å². The minimum absolute atomic E-state index is 0.0949. The molecule has 27 heavy (non-hydrogen) atoms. The van der Waals surface area contributed by atoms with Gasteiger partial charge in [0.1, 0.15) is 23.6 Å². The second-order valence-corrected chi connectivity index (χ2v) is 6.91. The first-order chi connectivity index (χ1) is 13.2. The van der Waals surface area contributed by atoms with Gasteiger partial charge in [-0.2, -0.15) is 0 Å². The number of H-pyrrole nitrogens is 1. The molecule has 0 aliphatic carbocycles. The quantitative estimate of drug-likeness (QED) is 0.723. The van der Waals surface area contributed by atoms with Crippen molar-refractivity contribution in [2.45, 2.75) is 12.5 Å². The zero-order chi connectivity index (χ0) is 18.6. The molecule has 0 radical (unpaired) electrons. The molecular weight excluding hydrogens is 345 g/mol. The van der Waals surface area contributed by atoms with Crippen LogP contribution in [0.3, 0.4) is 0 Å². The molecule has 0 spiro atoms. The number of benzene rings is 1. The normalized spacial score (nSPS) is 16.7. The van der Waals surface area contributed by atoms with Crippen molar-refractivity contribution < 1.29 is 9.13 Å². The van der Waals surface area contributed by atoms with Crippen LogP contribution < -0.4 is 4.90 Å². The molecular formula is C20H24FN5O. The van der Waals surface area contributed by atoms with Crippen LogP contribution in [0.2, 0.25) is 0 Å². The molecule has 1 N–H and O–H groups in total. The number of aromatic nitrogens is 3.